The summed E-state index contributed by atoms with van der Waals surface area (Å²) in [6, 6.07) is 0.502. The molecule has 5 nitrogen and oxygen atoms in total. The van der Waals surface area contributed by atoms with Gasteiger partial charge >= 0.3 is 6.01 Å². The largest absolute Gasteiger partial charge is 0.408 e. The van der Waals surface area contributed by atoms with Crippen molar-refractivity contribution in [1.82, 2.24) is 10.2 Å². The van der Waals surface area contributed by atoms with Gasteiger partial charge in [-0.2, -0.15) is 0 Å². The Labute approximate surface area is 90.4 Å². The number of anilines is 1. The summed E-state index contributed by atoms with van der Waals surface area (Å²) in [6.45, 7) is 5.84. The first-order chi connectivity index (χ1) is 7.22. The molecule has 3 N–H and O–H groups in total. The van der Waals surface area contributed by atoms with Crippen molar-refractivity contribution in [3.63, 3.8) is 0 Å². The maximum atomic E-state index is 5.38. The number of rotatable bonds is 7. The van der Waals surface area contributed by atoms with E-state index in [-0.39, 0.29) is 0 Å². The van der Waals surface area contributed by atoms with E-state index in [1.165, 1.54) is 6.42 Å². The van der Waals surface area contributed by atoms with Gasteiger partial charge in [0.15, 0.2) is 0 Å². The Bertz CT molecular complexity index is 272. The molecule has 1 aromatic rings. The van der Waals surface area contributed by atoms with Crippen LogP contribution >= 0.6 is 0 Å². The van der Waals surface area contributed by atoms with E-state index in [2.05, 4.69) is 29.4 Å². The summed E-state index contributed by atoms with van der Waals surface area (Å²) in [5.74, 6) is 1.34. The van der Waals surface area contributed by atoms with E-state index in [1.54, 1.807) is 0 Å². The lowest BCUT2D eigenvalue weighted by Gasteiger charge is -2.03. The zero-order valence-electron chi connectivity index (χ0n) is 9.49. The van der Waals surface area contributed by atoms with Gasteiger partial charge in [0.2, 0.25) is 5.89 Å². The van der Waals surface area contributed by atoms with Gasteiger partial charge in [0.25, 0.3) is 0 Å². The van der Waals surface area contributed by atoms with E-state index in [0.29, 0.717) is 24.9 Å². The Kier molecular flexibility index (Phi) is 5.10. The molecule has 0 amide bonds. The van der Waals surface area contributed by atoms with Crippen molar-refractivity contribution in [1.29, 1.82) is 0 Å². The van der Waals surface area contributed by atoms with Gasteiger partial charge in [0, 0.05) is 19.5 Å². The van der Waals surface area contributed by atoms with Crippen LogP contribution < -0.4 is 11.1 Å². The number of nitrogens with one attached hydrogen (secondary N) is 1. The quantitative estimate of drug-likeness (QED) is 0.668. The highest BCUT2D eigenvalue weighted by Crippen LogP contribution is 2.07. The highest BCUT2D eigenvalue weighted by Gasteiger charge is 2.03. The van der Waals surface area contributed by atoms with Crippen molar-refractivity contribution in [3.8, 4) is 0 Å². The molecule has 5 heteroatoms. The molecule has 1 aromatic heterocycles. The average Bonchev–Trinajstić information content (AvgIpc) is 2.61. The molecule has 0 aliphatic heterocycles. The molecule has 0 unspecified atom stereocenters. The van der Waals surface area contributed by atoms with Crippen molar-refractivity contribution in [2.45, 2.75) is 33.1 Å². The van der Waals surface area contributed by atoms with Crippen LogP contribution in [0.2, 0.25) is 0 Å². The van der Waals surface area contributed by atoms with E-state index < -0.39 is 0 Å². The third-order valence-electron chi connectivity index (χ3n) is 2.06. The number of nitrogens with zero attached hydrogens (tertiary/aromatic N) is 2. The highest BCUT2D eigenvalue weighted by molar-refractivity contribution is 5.16. The fourth-order valence-corrected chi connectivity index (χ4v) is 1.26. The van der Waals surface area contributed by atoms with Gasteiger partial charge in [0.05, 0.1) is 0 Å². The maximum Gasteiger partial charge on any atom is 0.315 e. The topological polar surface area (TPSA) is 77.0 Å². The molecular formula is C10H20N4O. The molecule has 1 heterocycles. The Morgan fingerprint density at radius 2 is 2.20 bits per heavy atom. The lowest BCUT2D eigenvalue weighted by atomic mass is 10.1. The minimum Gasteiger partial charge on any atom is -0.408 e. The summed E-state index contributed by atoms with van der Waals surface area (Å²) in [7, 11) is 0. The van der Waals surface area contributed by atoms with Crippen molar-refractivity contribution < 1.29 is 4.42 Å². The summed E-state index contributed by atoms with van der Waals surface area (Å²) >= 11 is 0. The first-order valence-corrected chi connectivity index (χ1v) is 5.48. The molecule has 0 aliphatic rings. The minimum atomic E-state index is 0.502. The van der Waals surface area contributed by atoms with Gasteiger partial charge in [-0.3, -0.25) is 0 Å². The van der Waals surface area contributed by atoms with Crippen molar-refractivity contribution in [2.24, 2.45) is 11.7 Å². The van der Waals surface area contributed by atoms with E-state index in [4.69, 9.17) is 10.2 Å². The smallest absolute Gasteiger partial charge is 0.315 e. The van der Waals surface area contributed by atoms with E-state index >= 15 is 0 Å². The van der Waals surface area contributed by atoms with Crippen LogP contribution in [0.5, 0.6) is 0 Å². The van der Waals surface area contributed by atoms with Crippen molar-refractivity contribution in [3.05, 3.63) is 5.89 Å². The maximum absolute atomic E-state index is 5.38. The molecule has 0 radical (unpaired) electrons. The SMILES string of the molecule is CC(C)CCCNc1nnc(CCN)o1. The molecule has 0 atom stereocenters. The van der Waals surface area contributed by atoms with Crippen LogP contribution in [0.4, 0.5) is 6.01 Å². The third-order valence-corrected chi connectivity index (χ3v) is 2.06. The van der Waals surface area contributed by atoms with Gasteiger partial charge in [-0.05, 0) is 18.8 Å². The number of hydrogen-bond donors (Lipinski definition) is 2. The molecule has 1 rings (SSSR count). The van der Waals surface area contributed by atoms with Gasteiger partial charge in [-0.1, -0.05) is 18.9 Å². The molecule has 0 saturated heterocycles. The standard InChI is InChI=1S/C10H20N4O/c1-8(2)4-3-7-12-10-14-13-9(15-10)5-6-11/h8H,3-7,11H2,1-2H3,(H,12,14). The Balaban J connectivity index is 2.19. The average molecular weight is 212 g/mol. The predicted molar refractivity (Wildman–Crippen MR) is 59.6 cm³/mol. The lowest BCUT2D eigenvalue weighted by molar-refractivity contribution is 0.501. The van der Waals surface area contributed by atoms with Gasteiger partial charge in [0.1, 0.15) is 0 Å². The number of nitrogens with two attached hydrogens (primary N) is 1. The number of aromatic nitrogens is 2. The summed E-state index contributed by atoms with van der Waals surface area (Å²) in [4.78, 5) is 0. The molecule has 0 spiro atoms. The third kappa shape index (κ3) is 4.78. The van der Waals surface area contributed by atoms with Crippen LogP contribution in [-0.4, -0.2) is 23.3 Å². The van der Waals surface area contributed by atoms with Crippen LogP contribution in [0.1, 0.15) is 32.6 Å². The van der Waals surface area contributed by atoms with E-state index in [0.717, 1.165) is 18.9 Å². The molecule has 0 bridgehead atoms. The first kappa shape index (κ1) is 12.0. The second-order valence-corrected chi connectivity index (χ2v) is 4.00. The normalized spacial score (nSPS) is 10.9. The molecular weight excluding hydrogens is 192 g/mol. The number of hydrogen-bond acceptors (Lipinski definition) is 5. The molecule has 15 heavy (non-hydrogen) atoms. The summed E-state index contributed by atoms with van der Waals surface area (Å²) < 4.78 is 5.32. The Hall–Kier alpha value is -1.10. The molecule has 86 valence electrons. The fraction of sp³-hybridized carbons (Fsp3) is 0.800. The van der Waals surface area contributed by atoms with Crippen molar-refractivity contribution >= 4 is 6.01 Å². The second-order valence-electron chi connectivity index (χ2n) is 4.00. The zero-order valence-corrected chi connectivity index (χ0v) is 9.49. The molecule has 0 fully saturated rings. The molecule has 0 saturated carbocycles. The van der Waals surface area contributed by atoms with Crippen LogP contribution in [0.25, 0.3) is 0 Å². The van der Waals surface area contributed by atoms with Crippen LogP contribution in [0.3, 0.4) is 0 Å². The summed E-state index contributed by atoms with van der Waals surface area (Å²) in [6.07, 6.45) is 2.96. The van der Waals surface area contributed by atoms with Crippen LogP contribution in [-0.2, 0) is 6.42 Å². The van der Waals surface area contributed by atoms with Crippen molar-refractivity contribution in [2.75, 3.05) is 18.4 Å². The van der Waals surface area contributed by atoms with Gasteiger partial charge in [-0.15, -0.1) is 5.10 Å². The first-order valence-electron chi connectivity index (χ1n) is 5.48. The lowest BCUT2D eigenvalue weighted by Crippen LogP contribution is -2.03. The zero-order chi connectivity index (χ0) is 11.1. The Morgan fingerprint density at radius 3 is 2.87 bits per heavy atom. The minimum absolute atomic E-state index is 0.502. The Morgan fingerprint density at radius 1 is 1.40 bits per heavy atom. The monoisotopic (exact) mass is 212 g/mol. The molecule has 0 aliphatic carbocycles. The highest BCUT2D eigenvalue weighted by atomic mass is 16.4. The molecule has 0 aromatic carbocycles. The second kappa shape index (κ2) is 6.40. The van der Waals surface area contributed by atoms with E-state index in [1.807, 2.05) is 0 Å². The summed E-state index contributed by atoms with van der Waals surface area (Å²) in [5, 5.41) is 10.8. The summed E-state index contributed by atoms with van der Waals surface area (Å²) in [5.41, 5.74) is 5.38. The van der Waals surface area contributed by atoms with Crippen LogP contribution in [0.15, 0.2) is 4.42 Å². The predicted octanol–water partition coefficient (Wildman–Crippen LogP) is 1.42. The van der Waals surface area contributed by atoms with Crippen LogP contribution in [0, 0.1) is 5.92 Å². The van der Waals surface area contributed by atoms with Gasteiger partial charge in [-0.25, -0.2) is 0 Å². The fourth-order valence-electron chi connectivity index (χ4n) is 1.26. The van der Waals surface area contributed by atoms with E-state index in [9.17, 15) is 0 Å². The van der Waals surface area contributed by atoms with Gasteiger partial charge < -0.3 is 15.5 Å².